The number of anilines is 2. The van der Waals surface area contributed by atoms with Crippen molar-refractivity contribution in [3.05, 3.63) is 95.8 Å². The van der Waals surface area contributed by atoms with Crippen LogP contribution in [-0.2, 0) is 27.8 Å². The van der Waals surface area contributed by atoms with Crippen LogP contribution in [-0.4, -0.2) is 24.3 Å². The third kappa shape index (κ3) is 6.15. The highest BCUT2D eigenvalue weighted by atomic mass is 32.2. The molecule has 4 aromatic rings. The molecule has 8 nitrogen and oxygen atoms in total. The first kappa shape index (κ1) is 22.4. The molecule has 0 saturated heterocycles. The maximum absolute atomic E-state index is 12.6. The minimum atomic E-state index is -3.61. The summed E-state index contributed by atoms with van der Waals surface area (Å²) in [6.07, 6.45) is 5.04. The number of nitrogens with zero attached hydrogens (tertiary/aromatic N) is 2. The summed E-state index contributed by atoms with van der Waals surface area (Å²) >= 11 is 1.14. The summed E-state index contributed by atoms with van der Waals surface area (Å²) < 4.78 is 33.2. The summed E-state index contributed by atoms with van der Waals surface area (Å²) in [5, 5.41) is 4.47. The molecule has 4 rings (SSSR count). The first-order valence-electron chi connectivity index (χ1n) is 9.91. The summed E-state index contributed by atoms with van der Waals surface area (Å²) in [6, 6.07) is 17.0. The van der Waals surface area contributed by atoms with Crippen LogP contribution in [0.4, 0.5) is 11.5 Å². The van der Waals surface area contributed by atoms with Crippen LogP contribution in [0.3, 0.4) is 0 Å². The molecular formula is C23H20N4O4S2. The van der Waals surface area contributed by atoms with E-state index >= 15 is 0 Å². The van der Waals surface area contributed by atoms with Crippen molar-refractivity contribution in [3.63, 3.8) is 0 Å². The van der Waals surface area contributed by atoms with Gasteiger partial charge < -0.3 is 10.1 Å². The smallest absolute Gasteiger partial charge is 0.271 e. The maximum atomic E-state index is 12.6. The molecule has 0 bridgehead atoms. The molecule has 0 unspecified atom stereocenters. The van der Waals surface area contributed by atoms with Gasteiger partial charge in [-0.1, -0.05) is 18.2 Å². The lowest BCUT2D eigenvalue weighted by Crippen LogP contribution is -2.16. The van der Waals surface area contributed by atoms with Gasteiger partial charge in [-0.25, -0.2) is 13.4 Å². The predicted octanol–water partition coefficient (Wildman–Crippen LogP) is 4.10. The van der Waals surface area contributed by atoms with E-state index in [1.54, 1.807) is 72.5 Å². The zero-order valence-corrected chi connectivity index (χ0v) is 19.0. The number of pyridine rings is 2. The SMILES string of the molecule is O=C(Cc1ccc(NS(=O)(=O)c2cccs2)cc1)Nc1ncccc1OCc1ccncc1. The Morgan fingerprint density at radius 2 is 1.73 bits per heavy atom. The van der Waals surface area contributed by atoms with E-state index in [-0.39, 0.29) is 16.5 Å². The number of carbonyl (C=O) groups excluding carboxylic acids is 1. The van der Waals surface area contributed by atoms with Crippen LogP contribution in [0.2, 0.25) is 0 Å². The minimum absolute atomic E-state index is 0.0956. The molecule has 0 aliphatic carbocycles. The highest BCUT2D eigenvalue weighted by molar-refractivity contribution is 7.94. The number of hydrogen-bond donors (Lipinski definition) is 2. The van der Waals surface area contributed by atoms with E-state index < -0.39 is 10.0 Å². The van der Waals surface area contributed by atoms with Crippen LogP contribution in [0.1, 0.15) is 11.1 Å². The monoisotopic (exact) mass is 480 g/mol. The molecule has 0 fully saturated rings. The Balaban J connectivity index is 1.35. The summed E-state index contributed by atoms with van der Waals surface area (Å²) in [5.41, 5.74) is 2.09. The van der Waals surface area contributed by atoms with Gasteiger partial charge in [0.25, 0.3) is 10.0 Å². The van der Waals surface area contributed by atoms with E-state index in [2.05, 4.69) is 20.0 Å². The summed E-state index contributed by atoms with van der Waals surface area (Å²) in [5.74, 6) is 0.521. The van der Waals surface area contributed by atoms with Gasteiger partial charge in [-0.15, -0.1) is 11.3 Å². The molecule has 0 spiro atoms. The van der Waals surface area contributed by atoms with Gasteiger partial charge in [-0.05, 0) is 59.0 Å². The summed E-state index contributed by atoms with van der Waals surface area (Å²) in [6.45, 7) is 0.319. The molecule has 3 heterocycles. The number of carbonyl (C=O) groups is 1. The highest BCUT2D eigenvalue weighted by Gasteiger charge is 2.15. The van der Waals surface area contributed by atoms with Crippen LogP contribution in [0, 0.1) is 0 Å². The zero-order chi connectivity index (χ0) is 23.1. The number of benzene rings is 1. The lowest BCUT2D eigenvalue weighted by Gasteiger charge is -2.12. The molecule has 1 amide bonds. The first-order valence-corrected chi connectivity index (χ1v) is 12.3. The van der Waals surface area contributed by atoms with Crippen molar-refractivity contribution in [1.82, 2.24) is 9.97 Å². The summed E-state index contributed by atoms with van der Waals surface area (Å²) in [4.78, 5) is 20.7. The second-order valence-corrected chi connectivity index (χ2v) is 9.81. The van der Waals surface area contributed by atoms with Gasteiger partial charge in [0.15, 0.2) is 11.6 Å². The fourth-order valence-corrected chi connectivity index (χ4v) is 4.97. The lowest BCUT2D eigenvalue weighted by molar-refractivity contribution is -0.115. The Bertz CT molecular complexity index is 1310. The van der Waals surface area contributed by atoms with Crippen LogP contribution in [0.25, 0.3) is 0 Å². The third-order valence-electron chi connectivity index (χ3n) is 4.50. The van der Waals surface area contributed by atoms with Crippen LogP contribution < -0.4 is 14.8 Å². The quantitative estimate of drug-likeness (QED) is 0.373. The van der Waals surface area contributed by atoms with Gasteiger partial charge in [-0.2, -0.15) is 0 Å². The lowest BCUT2D eigenvalue weighted by atomic mass is 10.1. The molecule has 0 saturated carbocycles. The molecule has 2 N–H and O–H groups in total. The topological polar surface area (TPSA) is 110 Å². The Kier molecular flexibility index (Phi) is 6.96. The molecule has 3 aromatic heterocycles. The van der Waals surface area contributed by atoms with E-state index in [0.717, 1.165) is 22.5 Å². The van der Waals surface area contributed by atoms with Gasteiger partial charge in [0.2, 0.25) is 5.91 Å². The Morgan fingerprint density at radius 3 is 2.45 bits per heavy atom. The fraction of sp³-hybridized carbons (Fsp3) is 0.0870. The molecule has 1 aromatic carbocycles. The predicted molar refractivity (Wildman–Crippen MR) is 127 cm³/mol. The van der Waals surface area contributed by atoms with E-state index in [0.29, 0.717) is 23.9 Å². The third-order valence-corrected chi connectivity index (χ3v) is 7.28. The van der Waals surface area contributed by atoms with Gasteiger partial charge in [0.05, 0.1) is 6.42 Å². The number of ether oxygens (including phenoxy) is 1. The number of amides is 1. The number of rotatable bonds is 9. The van der Waals surface area contributed by atoms with Crippen molar-refractivity contribution < 1.29 is 17.9 Å². The number of hydrogen-bond acceptors (Lipinski definition) is 7. The van der Waals surface area contributed by atoms with E-state index in [1.807, 2.05) is 12.1 Å². The Labute approximate surface area is 195 Å². The second-order valence-electron chi connectivity index (χ2n) is 6.95. The van der Waals surface area contributed by atoms with Crippen molar-refractivity contribution in [2.45, 2.75) is 17.2 Å². The molecule has 33 heavy (non-hydrogen) atoms. The molecular weight excluding hydrogens is 460 g/mol. The number of nitrogens with one attached hydrogen (secondary N) is 2. The number of sulfonamides is 1. The average Bonchev–Trinajstić information content (AvgIpc) is 3.37. The van der Waals surface area contributed by atoms with E-state index in [4.69, 9.17) is 4.74 Å². The highest BCUT2D eigenvalue weighted by Crippen LogP contribution is 2.23. The largest absolute Gasteiger partial charge is 0.485 e. The van der Waals surface area contributed by atoms with Gasteiger partial charge in [-0.3, -0.25) is 14.5 Å². The van der Waals surface area contributed by atoms with Crippen molar-refractivity contribution in [3.8, 4) is 5.75 Å². The van der Waals surface area contributed by atoms with E-state index in [1.165, 1.54) is 0 Å². The van der Waals surface area contributed by atoms with Crippen LogP contribution in [0.15, 0.2) is 88.8 Å². The standard InChI is InChI=1S/C23H20N4O4S2/c28-21(26-23-20(3-1-11-25-23)31-16-18-9-12-24-13-10-18)15-17-5-7-19(8-6-17)27-33(29,30)22-4-2-14-32-22/h1-14,27H,15-16H2,(H,25,26,28). The normalized spacial score (nSPS) is 11.0. The molecule has 0 aliphatic rings. The van der Waals surface area contributed by atoms with Crippen molar-refractivity contribution in [2.75, 3.05) is 10.0 Å². The Morgan fingerprint density at radius 1 is 0.939 bits per heavy atom. The van der Waals surface area contributed by atoms with Crippen molar-refractivity contribution in [1.29, 1.82) is 0 Å². The summed E-state index contributed by atoms with van der Waals surface area (Å²) in [7, 11) is -3.61. The van der Waals surface area contributed by atoms with Gasteiger partial charge in [0.1, 0.15) is 10.8 Å². The minimum Gasteiger partial charge on any atom is -0.485 e. The van der Waals surface area contributed by atoms with Crippen molar-refractivity contribution >= 4 is 38.8 Å². The maximum Gasteiger partial charge on any atom is 0.271 e. The molecule has 168 valence electrons. The van der Waals surface area contributed by atoms with Gasteiger partial charge in [0, 0.05) is 24.3 Å². The van der Waals surface area contributed by atoms with Crippen LogP contribution in [0.5, 0.6) is 5.75 Å². The zero-order valence-electron chi connectivity index (χ0n) is 17.3. The number of thiophene rings is 1. The first-order chi connectivity index (χ1) is 16.0. The molecule has 0 atom stereocenters. The molecule has 10 heteroatoms. The Hall–Kier alpha value is -3.76. The number of aromatic nitrogens is 2. The molecule has 0 aliphatic heterocycles. The average molecular weight is 481 g/mol. The van der Waals surface area contributed by atoms with Crippen molar-refractivity contribution in [2.24, 2.45) is 0 Å². The van der Waals surface area contributed by atoms with Gasteiger partial charge >= 0.3 is 0 Å². The van der Waals surface area contributed by atoms with Crippen LogP contribution >= 0.6 is 11.3 Å². The fourth-order valence-electron chi connectivity index (χ4n) is 2.92. The second kappa shape index (κ2) is 10.2. The van der Waals surface area contributed by atoms with E-state index in [9.17, 15) is 13.2 Å². The molecule has 0 radical (unpaired) electrons.